The zero-order chi connectivity index (χ0) is 7.40. The van der Waals surface area contributed by atoms with E-state index in [0.717, 1.165) is 6.61 Å². The molecule has 1 unspecified atom stereocenters. The third kappa shape index (κ3) is 2.47. The van der Waals surface area contributed by atoms with E-state index in [2.05, 4.69) is 6.92 Å². The highest BCUT2D eigenvalue weighted by Crippen LogP contribution is 2.22. The third-order valence-electron chi connectivity index (χ3n) is 1.93. The molecule has 2 heteroatoms. The van der Waals surface area contributed by atoms with Gasteiger partial charge in [0.2, 0.25) is 0 Å². The van der Waals surface area contributed by atoms with E-state index in [-0.39, 0.29) is 0 Å². The molecule has 1 aliphatic carbocycles. The number of alkyl halides is 1. The van der Waals surface area contributed by atoms with Gasteiger partial charge in [0.05, 0.1) is 12.7 Å². The molecule has 1 rings (SSSR count). The summed E-state index contributed by atoms with van der Waals surface area (Å²) in [7, 11) is 0. The SMILES string of the molecule is CC(CCl)COC1CCC1. The Morgan fingerprint density at radius 3 is 2.70 bits per heavy atom. The molecule has 1 saturated carbocycles. The van der Waals surface area contributed by atoms with Gasteiger partial charge in [0.15, 0.2) is 0 Å². The molecule has 1 aliphatic rings. The summed E-state index contributed by atoms with van der Waals surface area (Å²) in [6, 6.07) is 0. The van der Waals surface area contributed by atoms with E-state index in [0.29, 0.717) is 17.9 Å². The molecular weight excluding hydrogens is 148 g/mol. The summed E-state index contributed by atoms with van der Waals surface area (Å²) in [6.07, 6.45) is 4.43. The Hall–Kier alpha value is 0.250. The average Bonchev–Trinajstić information content (AvgIpc) is 1.84. The molecule has 0 amide bonds. The van der Waals surface area contributed by atoms with Gasteiger partial charge in [-0.3, -0.25) is 0 Å². The first-order valence-corrected chi connectivity index (χ1v) is 4.54. The molecule has 60 valence electrons. The Labute approximate surface area is 67.7 Å². The molecule has 0 radical (unpaired) electrons. The molecule has 0 aliphatic heterocycles. The molecule has 0 saturated heterocycles. The minimum Gasteiger partial charge on any atom is -0.378 e. The lowest BCUT2D eigenvalue weighted by molar-refractivity contribution is -0.0101. The Kier molecular flexibility index (Phi) is 3.50. The topological polar surface area (TPSA) is 9.23 Å². The van der Waals surface area contributed by atoms with Crippen molar-refractivity contribution in [3.05, 3.63) is 0 Å². The minimum absolute atomic E-state index is 0.516. The van der Waals surface area contributed by atoms with Gasteiger partial charge in [0.1, 0.15) is 0 Å². The molecule has 0 aromatic rings. The number of ether oxygens (including phenoxy) is 1. The summed E-state index contributed by atoms with van der Waals surface area (Å²) in [5, 5.41) is 0. The maximum Gasteiger partial charge on any atom is 0.0575 e. The van der Waals surface area contributed by atoms with E-state index in [1.807, 2.05) is 0 Å². The standard InChI is InChI=1S/C8H15ClO/c1-7(5-9)6-10-8-3-2-4-8/h7-8H,2-6H2,1H3. The van der Waals surface area contributed by atoms with E-state index >= 15 is 0 Å². The van der Waals surface area contributed by atoms with Crippen LogP contribution in [0, 0.1) is 5.92 Å². The molecule has 0 bridgehead atoms. The highest BCUT2D eigenvalue weighted by molar-refractivity contribution is 6.18. The second-order valence-electron chi connectivity index (χ2n) is 3.15. The summed E-state index contributed by atoms with van der Waals surface area (Å²) in [4.78, 5) is 0. The number of hydrogen-bond donors (Lipinski definition) is 0. The van der Waals surface area contributed by atoms with Gasteiger partial charge in [-0.2, -0.15) is 0 Å². The summed E-state index contributed by atoms with van der Waals surface area (Å²) in [5.74, 6) is 1.23. The van der Waals surface area contributed by atoms with Gasteiger partial charge < -0.3 is 4.74 Å². The first kappa shape index (κ1) is 8.35. The van der Waals surface area contributed by atoms with Crippen LogP contribution in [0.3, 0.4) is 0 Å². The van der Waals surface area contributed by atoms with E-state index in [1.165, 1.54) is 19.3 Å². The summed E-state index contributed by atoms with van der Waals surface area (Å²) >= 11 is 5.62. The first-order valence-electron chi connectivity index (χ1n) is 4.00. The normalized spacial score (nSPS) is 22.2. The summed E-state index contributed by atoms with van der Waals surface area (Å²) in [5.41, 5.74) is 0. The highest BCUT2D eigenvalue weighted by Gasteiger charge is 2.18. The van der Waals surface area contributed by atoms with Gasteiger partial charge in [-0.05, 0) is 25.2 Å². The van der Waals surface area contributed by atoms with Gasteiger partial charge in [-0.1, -0.05) is 6.92 Å². The molecule has 0 aromatic heterocycles. The Balaban J connectivity index is 1.93. The van der Waals surface area contributed by atoms with Crippen molar-refractivity contribution in [2.75, 3.05) is 12.5 Å². The zero-order valence-electron chi connectivity index (χ0n) is 6.48. The number of rotatable bonds is 4. The van der Waals surface area contributed by atoms with Crippen molar-refractivity contribution in [2.24, 2.45) is 5.92 Å². The Morgan fingerprint density at radius 1 is 1.60 bits per heavy atom. The fourth-order valence-corrected chi connectivity index (χ4v) is 0.971. The van der Waals surface area contributed by atoms with E-state index in [1.54, 1.807) is 0 Å². The quantitative estimate of drug-likeness (QED) is 0.577. The molecule has 0 aromatic carbocycles. The average molecular weight is 163 g/mol. The monoisotopic (exact) mass is 162 g/mol. The first-order chi connectivity index (χ1) is 4.83. The van der Waals surface area contributed by atoms with Gasteiger partial charge in [0, 0.05) is 5.88 Å². The molecular formula is C8H15ClO. The third-order valence-corrected chi connectivity index (χ3v) is 2.46. The summed E-state index contributed by atoms with van der Waals surface area (Å²) < 4.78 is 5.55. The van der Waals surface area contributed by atoms with E-state index in [9.17, 15) is 0 Å². The second-order valence-corrected chi connectivity index (χ2v) is 3.45. The van der Waals surface area contributed by atoms with Crippen molar-refractivity contribution in [3.8, 4) is 0 Å². The van der Waals surface area contributed by atoms with Gasteiger partial charge in [-0.15, -0.1) is 11.6 Å². The maximum absolute atomic E-state index is 5.62. The van der Waals surface area contributed by atoms with Crippen molar-refractivity contribution >= 4 is 11.6 Å². The van der Waals surface area contributed by atoms with Gasteiger partial charge in [0.25, 0.3) is 0 Å². The van der Waals surface area contributed by atoms with Crippen LogP contribution in [-0.4, -0.2) is 18.6 Å². The molecule has 10 heavy (non-hydrogen) atoms. The van der Waals surface area contributed by atoms with Crippen LogP contribution < -0.4 is 0 Å². The zero-order valence-corrected chi connectivity index (χ0v) is 7.23. The molecule has 1 atom stereocenters. The lowest BCUT2D eigenvalue weighted by Gasteiger charge is -2.26. The number of halogens is 1. The molecule has 1 nitrogen and oxygen atoms in total. The lowest BCUT2D eigenvalue weighted by atomic mass is 9.96. The van der Waals surface area contributed by atoms with Crippen LogP contribution in [0.1, 0.15) is 26.2 Å². The predicted molar refractivity (Wildman–Crippen MR) is 43.5 cm³/mol. The maximum atomic E-state index is 5.62. The molecule has 0 N–H and O–H groups in total. The summed E-state index contributed by atoms with van der Waals surface area (Å²) in [6.45, 7) is 2.96. The van der Waals surface area contributed by atoms with Crippen molar-refractivity contribution in [1.29, 1.82) is 0 Å². The van der Waals surface area contributed by atoms with Crippen LogP contribution in [0.2, 0.25) is 0 Å². The van der Waals surface area contributed by atoms with Crippen molar-refractivity contribution in [3.63, 3.8) is 0 Å². The fraction of sp³-hybridized carbons (Fsp3) is 1.00. The van der Waals surface area contributed by atoms with Gasteiger partial charge >= 0.3 is 0 Å². The van der Waals surface area contributed by atoms with E-state index < -0.39 is 0 Å². The molecule has 0 heterocycles. The van der Waals surface area contributed by atoms with Crippen LogP contribution in [-0.2, 0) is 4.74 Å². The van der Waals surface area contributed by atoms with Crippen molar-refractivity contribution in [1.82, 2.24) is 0 Å². The molecule has 1 fully saturated rings. The fourth-order valence-electron chi connectivity index (χ4n) is 0.882. The Morgan fingerprint density at radius 2 is 2.30 bits per heavy atom. The van der Waals surface area contributed by atoms with E-state index in [4.69, 9.17) is 16.3 Å². The van der Waals surface area contributed by atoms with Crippen LogP contribution in [0.25, 0.3) is 0 Å². The van der Waals surface area contributed by atoms with Crippen LogP contribution in [0.5, 0.6) is 0 Å². The van der Waals surface area contributed by atoms with Gasteiger partial charge in [-0.25, -0.2) is 0 Å². The largest absolute Gasteiger partial charge is 0.378 e. The van der Waals surface area contributed by atoms with Crippen molar-refractivity contribution < 1.29 is 4.74 Å². The highest BCUT2D eigenvalue weighted by atomic mass is 35.5. The predicted octanol–water partition coefficient (Wildman–Crippen LogP) is 2.43. The lowest BCUT2D eigenvalue weighted by Crippen LogP contribution is -2.24. The van der Waals surface area contributed by atoms with Crippen LogP contribution in [0.15, 0.2) is 0 Å². The van der Waals surface area contributed by atoms with Crippen molar-refractivity contribution in [2.45, 2.75) is 32.3 Å². The van der Waals surface area contributed by atoms with Crippen LogP contribution >= 0.6 is 11.6 Å². The molecule has 0 spiro atoms. The van der Waals surface area contributed by atoms with Crippen LogP contribution in [0.4, 0.5) is 0 Å². The smallest absolute Gasteiger partial charge is 0.0575 e. The number of hydrogen-bond acceptors (Lipinski definition) is 1. The second kappa shape index (κ2) is 4.20. The Bertz CT molecular complexity index is 86.5. The minimum atomic E-state index is 0.516.